The Morgan fingerprint density at radius 1 is 1.47 bits per heavy atom. The Balaban J connectivity index is 1.82. The van der Waals surface area contributed by atoms with Crippen LogP contribution in [0.3, 0.4) is 0 Å². The standard InChI is InChI=1S/C12H21N3O2/c1-5-16-10-6-9(12(10,3)4)13-7-11-15-14-8(2)17-11/h9-10,13H,5-7H2,1-4H3. The van der Waals surface area contributed by atoms with Crippen LogP contribution in [-0.4, -0.2) is 29.0 Å². The molecule has 1 aromatic rings. The van der Waals surface area contributed by atoms with Crippen LogP contribution in [0, 0.1) is 12.3 Å². The van der Waals surface area contributed by atoms with Gasteiger partial charge in [0.05, 0.1) is 12.6 Å². The van der Waals surface area contributed by atoms with E-state index in [0.29, 0.717) is 30.5 Å². The van der Waals surface area contributed by atoms with Crippen molar-refractivity contribution < 1.29 is 9.15 Å². The lowest BCUT2D eigenvalue weighted by Crippen LogP contribution is -2.60. The van der Waals surface area contributed by atoms with Crippen LogP contribution in [0.15, 0.2) is 4.42 Å². The fourth-order valence-electron chi connectivity index (χ4n) is 2.34. The molecular weight excluding hydrogens is 218 g/mol. The lowest BCUT2D eigenvalue weighted by atomic mass is 9.64. The van der Waals surface area contributed by atoms with Crippen molar-refractivity contribution in [1.29, 1.82) is 0 Å². The second kappa shape index (κ2) is 4.74. The molecule has 2 unspecified atom stereocenters. The maximum Gasteiger partial charge on any atom is 0.230 e. The Kier molecular flexibility index (Phi) is 3.49. The van der Waals surface area contributed by atoms with Crippen molar-refractivity contribution in [3.63, 3.8) is 0 Å². The molecule has 0 saturated heterocycles. The van der Waals surface area contributed by atoms with Gasteiger partial charge < -0.3 is 14.5 Å². The van der Waals surface area contributed by atoms with E-state index >= 15 is 0 Å². The highest BCUT2D eigenvalue weighted by Crippen LogP contribution is 2.42. The molecule has 1 fully saturated rings. The summed E-state index contributed by atoms with van der Waals surface area (Å²) in [5, 5.41) is 11.2. The fourth-order valence-corrected chi connectivity index (χ4v) is 2.34. The van der Waals surface area contributed by atoms with Crippen molar-refractivity contribution in [2.45, 2.75) is 52.8 Å². The summed E-state index contributed by atoms with van der Waals surface area (Å²) in [4.78, 5) is 0. The smallest absolute Gasteiger partial charge is 0.230 e. The monoisotopic (exact) mass is 239 g/mol. The highest BCUT2D eigenvalue weighted by Gasteiger charge is 2.48. The Bertz CT molecular complexity index is 376. The maximum atomic E-state index is 5.69. The molecule has 1 aliphatic carbocycles. The van der Waals surface area contributed by atoms with Gasteiger partial charge >= 0.3 is 0 Å². The van der Waals surface area contributed by atoms with Crippen LogP contribution < -0.4 is 5.32 Å². The normalized spacial score (nSPS) is 26.8. The molecule has 1 aromatic heterocycles. The molecule has 1 aliphatic rings. The molecule has 0 amide bonds. The van der Waals surface area contributed by atoms with Crippen molar-refractivity contribution in [2.75, 3.05) is 6.61 Å². The van der Waals surface area contributed by atoms with Crippen LogP contribution in [-0.2, 0) is 11.3 Å². The Morgan fingerprint density at radius 3 is 2.76 bits per heavy atom. The van der Waals surface area contributed by atoms with Crippen molar-refractivity contribution in [1.82, 2.24) is 15.5 Å². The summed E-state index contributed by atoms with van der Waals surface area (Å²) in [6.45, 7) is 9.71. The van der Waals surface area contributed by atoms with E-state index in [1.54, 1.807) is 6.92 Å². The number of hydrogen-bond donors (Lipinski definition) is 1. The molecule has 2 rings (SSSR count). The number of aryl methyl sites for hydroxylation is 1. The van der Waals surface area contributed by atoms with Crippen molar-refractivity contribution in [2.24, 2.45) is 5.41 Å². The molecule has 0 aromatic carbocycles. The van der Waals surface area contributed by atoms with Crippen LogP contribution in [0.5, 0.6) is 0 Å². The molecule has 17 heavy (non-hydrogen) atoms. The van der Waals surface area contributed by atoms with E-state index in [0.717, 1.165) is 13.0 Å². The van der Waals surface area contributed by atoms with Gasteiger partial charge in [-0.1, -0.05) is 13.8 Å². The molecule has 1 saturated carbocycles. The third kappa shape index (κ3) is 2.50. The second-order valence-corrected chi connectivity index (χ2v) is 5.15. The van der Waals surface area contributed by atoms with Gasteiger partial charge in [-0.15, -0.1) is 10.2 Å². The van der Waals surface area contributed by atoms with Crippen molar-refractivity contribution >= 4 is 0 Å². The molecule has 1 heterocycles. The van der Waals surface area contributed by atoms with Gasteiger partial charge in [0.1, 0.15) is 0 Å². The molecule has 0 bridgehead atoms. The summed E-state index contributed by atoms with van der Waals surface area (Å²) in [7, 11) is 0. The third-order valence-electron chi connectivity index (χ3n) is 3.61. The zero-order chi connectivity index (χ0) is 12.5. The first kappa shape index (κ1) is 12.5. The first-order valence-electron chi connectivity index (χ1n) is 6.18. The molecule has 2 atom stereocenters. The predicted octanol–water partition coefficient (Wildman–Crippen LogP) is 1.67. The van der Waals surface area contributed by atoms with E-state index in [9.17, 15) is 0 Å². The minimum absolute atomic E-state index is 0.172. The zero-order valence-electron chi connectivity index (χ0n) is 11.0. The van der Waals surface area contributed by atoms with E-state index < -0.39 is 0 Å². The van der Waals surface area contributed by atoms with Gasteiger partial charge in [-0.25, -0.2) is 0 Å². The lowest BCUT2D eigenvalue weighted by Gasteiger charge is -2.51. The zero-order valence-corrected chi connectivity index (χ0v) is 11.0. The SMILES string of the molecule is CCOC1CC(NCc2nnc(C)o2)C1(C)C. The second-order valence-electron chi connectivity index (χ2n) is 5.15. The van der Waals surface area contributed by atoms with Gasteiger partial charge in [0.15, 0.2) is 0 Å². The van der Waals surface area contributed by atoms with Gasteiger partial charge in [0, 0.05) is 25.0 Å². The minimum Gasteiger partial charge on any atom is -0.424 e. The number of hydrogen-bond acceptors (Lipinski definition) is 5. The highest BCUT2D eigenvalue weighted by molar-refractivity contribution is 5.03. The fraction of sp³-hybridized carbons (Fsp3) is 0.833. The van der Waals surface area contributed by atoms with Gasteiger partial charge in [-0.05, 0) is 13.3 Å². The van der Waals surface area contributed by atoms with Gasteiger partial charge in [0.2, 0.25) is 11.8 Å². The van der Waals surface area contributed by atoms with E-state index in [-0.39, 0.29) is 5.41 Å². The van der Waals surface area contributed by atoms with E-state index in [1.807, 2.05) is 6.92 Å². The molecule has 0 aliphatic heterocycles. The van der Waals surface area contributed by atoms with E-state index in [2.05, 4.69) is 29.4 Å². The first-order chi connectivity index (χ1) is 8.04. The van der Waals surface area contributed by atoms with Crippen LogP contribution in [0.2, 0.25) is 0 Å². The summed E-state index contributed by atoms with van der Waals surface area (Å²) in [5.74, 6) is 1.26. The molecule has 1 N–H and O–H groups in total. The quantitative estimate of drug-likeness (QED) is 0.847. The Morgan fingerprint density at radius 2 is 2.24 bits per heavy atom. The average Bonchev–Trinajstić information content (AvgIpc) is 2.68. The van der Waals surface area contributed by atoms with Gasteiger partial charge in [-0.2, -0.15) is 0 Å². The minimum atomic E-state index is 0.172. The molecule has 0 spiro atoms. The first-order valence-corrected chi connectivity index (χ1v) is 6.18. The molecule has 5 nitrogen and oxygen atoms in total. The van der Waals surface area contributed by atoms with E-state index in [1.165, 1.54) is 0 Å². The maximum absolute atomic E-state index is 5.69. The molecule has 0 radical (unpaired) electrons. The summed E-state index contributed by atoms with van der Waals surface area (Å²) >= 11 is 0. The van der Waals surface area contributed by atoms with Gasteiger partial charge in [-0.3, -0.25) is 0 Å². The van der Waals surface area contributed by atoms with E-state index in [4.69, 9.17) is 9.15 Å². The van der Waals surface area contributed by atoms with Crippen LogP contribution in [0.25, 0.3) is 0 Å². The van der Waals surface area contributed by atoms with Crippen molar-refractivity contribution in [3.05, 3.63) is 11.8 Å². The highest BCUT2D eigenvalue weighted by atomic mass is 16.5. The van der Waals surface area contributed by atoms with Crippen LogP contribution in [0.4, 0.5) is 0 Å². The largest absolute Gasteiger partial charge is 0.424 e. The summed E-state index contributed by atoms with van der Waals surface area (Å²) in [6.07, 6.45) is 1.41. The summed E-state index contributed by atoms with van der Waals surface area (Å²) < 4.78 is 11.0. The number of aromatic nitrogens is 2. The number of ether oxygens (including phenoxy) is 1. The number of rotatable bonds is 5. The number of nitrogens with one attached hydrogen (secondary N) is 1. The summed E-state index contributed by atoms with van der Waals surface area (Å²) in [6, 6.07) is 0.450. The van der Waals surface area contributed by atoms with Crippen LogP contribution >= 0.6 is 0 Å². The number of nitrogens with zero attached hydrogens (tertiary/aromatic N) is 2. The predicted molar refractivity (Wildman–Crippen MR) is 63.5 cm³/mol. The third-order valence-corrected chi connectivity index (χ3v) is 3.61. The van der Waals surface area contributed by atoms with Crippen LogP contribution in [0.1, 0.15) is 39.0 Å². The molecule has 96 valence electrons. The average molecular weight is 239 g/mol. The topological polar surface area (TPSA) is 60.2 Å². The Labute approximate surface area is 102 Å². The lowest BCUT2D eigenvalue weighted by molar-refractivity contribution is -0.114. The van der Waals surface area contributed by atoms with Gasteiger partial charge in [0.25, 0.3) is 0 Å². The van der Waals surface area contributed by atoms with Crippen molar-refractivity contribution in [3.8, 4) is 0 Å². The molecular formula is C12H21N3O2. The summed E-state index contributed by atoms with van der Waals surface area (Å²) in [5.41, 5.74) is 0.172. The molecule has 5 heteroatoms. The Hall–Kier alpha value is -0.940.